The van der Waals surface area contributed by atoms with Crippen molar-refractivity contribution in [2.24, 2.45) is 17.8 Å². The van der Waals surface area contributed by atoms with Gasteiger partial charge < -0.3 is 24.4 Å². The lowest BCUT2D eigenvalue weighted by Crippen LogP contribution is -2.59. The molecule has 8 heteroatoms. The smallest absolute Gasteiger partial charge is 0.312 e. The average molecular weight is 465 g/mol. The summed E-state index contributed by atoms with van der Waals surface area (Å²) in [4.78, 5) is 44.4. The van der Waals surface area contributed by atoms with Gasteiger partial charge in [0, 0.05) is 12.6 Å². The van der Waals surface area contributed by atoms with Crippen LogP contribution in [0.25, 0.3) is 0 Å². The van der Waals surface area contributed by atoms with Gasteiger partial charge in [0.1, 0.15) is 17.6 Å². The summed E-state index contributed by atoms with van der Waals surface area (Å²) in [5.41, 5.74) is -2.02. The highest BCUT2D eigenvalue weighted by Crippen LogP contribution is 2.65. The standard InChI is InChI=1S/C25H40N2O6/c1-8-11-16(5)26(12-9-2)22(30)20-25-13-15(4)24(7,33-25)19(23(31)32-10-3)18(25)21(29)27(20)17(6)14-28/h9,15-20,28H,2,8,10-14H2,1,3-7H3/t15?,16?,17-,18+,19-,20?,24+,25?/m1/s1. The molecule has 3 saturated heterocycles. The fraction of sp³-hybridized carbons (Fsp3) is 0.800. The highest BCUT2D eigenvalue weighted by molar-refractivity contribution is 5.98. The van der Waals surface area contributed by atoms with Gasteiger partial charge in [-0.05, 0) is 46.5 Å². The van der Waals surface area contributed by atoms with Gasteiger partial charge in [-0.25, -0.2) is 0 Å². The number of fused-ring (bicyclic) bond motifs is 1. The van der Waals surface area contributed by atoms with Crippen LogP contribution in [0, 0.1) is 17.8 Å². The van der Waals surface area contributed by atoms with Crippen LogP contribution in [0.15, 0.2) is 12.7 Å². The lowest BCUT2D eigenvalue weighted by Gasteiger charge is -2.40. The molecule has 0 aromatic rings. The van der Waals surface area contributed by atoms with Crippen molar-refractivity contribution >= 4 is 17.8 Å². The van der Waals surface area contributed by atoms with E-state index in [9.17, 15) is 19.5 Å². The first-order valence-electron chi connectivity index (χ1n) is 12.3. The average Bonchev–Trinajstić information content (AvgIpc) is 3.28. The summed E-state index contributed by atoms with van der Waals surface area (Å²) in [6.07, 6.45) is 3.90. The summed E-state index contributed by atoms with van der Waals surface area (Å²) in [7, 11) is 0. The molecule has 0 aromatic carbocycles. The highest BCUT2D eigenvalue weighted by atomic mass is 16.6. The van der Waals surface area contributed by atoms with E-state index in [0.29, 0.717) is 13.0 Å². The van der Waals surface area contributed by atoms with Crippen molar-refractivity contribution in [1.29, 1.82) is 0 Å². The Morgan fingerprint density at radius 3 is 2.61 bits per heavy atom. The second kappa shape index (κ2) is 9.37. The molecule has 0 radical (unpaired) electrons. The molecular weight excluding hydrogens is 424 g/mol. The largest absolute Gasteiger partial charge is 0.466 e. The van der Waals surface area contributed by atoms with Crippen molar-refractivity contribution < 1.29 is 29.0 Å². The molecule has 3 aliphatic heterocycles. The van der Waals surface area contributed by atoms with Crippen LogP contribution in [0.4, 0.5) is 0 Å². The number of ether oxygens (including phenoxy) is 2. The third-order valence-electron chi connectivity index (χ3n) is 8.11. The molecule has 3 rings (SSSR count). The van der Waals surface area contributed by atoms with Crippen molar-refractivity contribution in [1.82, 2.24) is 9.80 Å². The minimum Gasteiger partial charge on any atom is -0.466 e. The second-order valence-electron chi connectivity index (χ2n) is 10.2. The molecule has 8 atom stereocenters. The molecule has 8 nitrogen and oxygen atoms in total. The van der Waals surface area contributed by atoms with Crippen LogP contribution in [0.2, 0.25) is 0 Å². The Labute approximate surface area is 197 Å². The van der Waals surface area contributed by atoms with Crippen LogP contribution in [0.1, 0.15) is 60.8 Å². The maximum absolute atomic E-state index is 14.2. The first-order chi connectivity index (χ1) is 15.5. The number of amides is 2. The number of carbonyl (C=O) groups excluding carboxylic acids is 3. The summed E-state index contributed by atoms with van der Waals surface area (Å²) in [5.74, 6) is -2.64. The van der Waals surface area contributed by atoms with Crippen LogP contribution in [0.5, 0.6) is 0 Å². The number of carbonyl (C=O) groups is 3. The van der Waals surface area contributed by atoms with E-state index in [2.05, 4.69) is 13.5 Å². The third-order valence-corrected chi connectivity index (χ3v) is 8.11. The minimum atomic E-state index is -1.13. The van der Waals surface area contributed by atoms with Crippen molar-refractivity contribution in [3.8, 4) is 0 Å². The summed E-state index contributed by atoms with van der Waals surface area (Å²) in [5, 5.41) is 9.97. The first kappa shape index (κ1) is 25.7. The number of nitrogens with zero attached hydrogens (tertiary/aromatic N) is 2. The Bertz CT molecular complexity index is 802. The number of hydrogen-bond acceptors (Lipinski definition) is 6. The van der Waals surface area contributed by atoms with Crippen LogP contribution < -0.4 is 0 Å². The molecule has 33 heavy (non-hydrogen) atoms. The zero-order valence-corrected chi connectivity index (χ0v) is 20.9. The number of aliphatic hydroxyl groups excluding tert-OH is 1. The van der Waals surface area contributed by atoms with Gasteiger partial charge >= 0.3 is 5.97 Å². The summed E-state index contributed by atoms with van der Waals surface area (Å²) in [6, 6.07) is -1.56. The molecule has 4 unspecified atom stereocenters. The Kier molecular flexibility index (Phi) is 7.30. The van der Waals surface area contributed by atoms with Crippen LogP contribution >= 0.6 is 0 Å². The van der Waals surface area contributed by atoms with Crippen molar-refractivity contribution in [3.05, 3.63) is 12.7 Å². The van der Waals surface area contributed by atoms with Crippen LogP contribution in [-0.4, -0.2) is 81.8 Å². The molecule has 0 saturated carbocycles. The Morgan fingerprint density at radius 1 is 1.39 bits per heavy atom. The van der Waals surface area contributed by atoms with E-state index < -0.39 is 41.1 Å². The number of esters is 1. The van der Waals surface area contributed by atoms with Crippen molar-refractivity contribution in [3.63, 3.8) is 0 Å². The Hall–Kier alpha value is -1.93. The molecule has 0 aromatic heterocycles. The SMILES string of the molecule is C=CCN(C(=O)C1N([C@H](C)CO)C(=O)[C@@H]2[C@H](C(=O)OCC)[C@@]3(C)OC12CC3C)C(C)CCC. The van der Waals surface area contributed by atoms with E-state index in [-0.39, 0.29) is 37.0 Å². The quantitative estimate of drug-likeness (QED) is 0.393. The number of hydrogen-bond donors (Lipinski definition) is 1. The van der Waals surface area contributed by atoms with E-state index in [1.54, 1.807) is 24.8 Å². The third kappa shape index (κ3) is 3.70. The predicted molar refractivity (Wildman–Crippen MR) is 123 cm³/mol. The molecule has 186 valence electrons. The van der Waals surface area contributed by atoms with Gasteiger partial charge in [0.25, 0.3) is 0 Å². The molecule has 3 heterocycles. The normalized spacial score (nSPS) is 36.5. The molecule has 0 aliphatic carbocycles. The minimum absolute atomic E-state index is 0.0449. The van der Waals surface area contributed by atoms with Gasteiger partial charge in [-0.15, -0.1) is 6.58 Å². The van der Waals surface area contributed by atoms with Gasteiger partial charge in [0.2, 0.25) is 11.8 Å². The summed E-state index contributed by atoms with van der Waals surface area (Å²) in [6.45, 7) is 15.5. The van der Waals surface area contributed by atoms with Crippen LogP contribution in [-0.2, 0) is 23.9 Å². The molecule has 1 spiro atoms. The van der Waals surface area contributed by atoms with E-state index in [4.69, 9.17) is 9.47 Å². The van der Waals surface area contributed by atoms with E-state index in [1.807, 2.05) is 20.8 Å². The topological polar surface area (TPSA) is 96.4 Å². The molecule has 2 amide bonds. The number of likely N-dealkylation sites (tertiary alicyclic amines) is 1. The fourth-order valence-electron chi connectivity index (χ4n) is 6.47. The molecule has 2 bridgehead atoms. The van der Waals surface area contributed by atoms with Gasteiger partial charge in [-0.2, -0.15) is 0 Å². The first-order valence-corrected chi connectivity index (χ1v) is 12.3. The van der Waals surface area contributed by atoms with Gasteiger partial charge in [-0.1, -0.05) is 26.3 Å². The van der Waals surface area contributed by atoms with Crippen molar-refractivity contribution in [2.45, 2.75) is 90.1 Å². The zero-order valence-electron chi connectivity index (χ0n) is 20.9. The van der Waals surface area contributed by atoms with Gasteiger partial charge in [-0.3, -0.25) is 14.4 Å². The van der Waals surface area contributed by atoms with E-state index >= 15 is 0 Å². The van der Waals surface area contributed by atoms with E-state index in [1.165, 1.54) is 4.90 Å². The maximum Gasteiger partial charge on any atom is 0.312 e. The van der Waals surface area contributed by atoms with Gasteiger partial charge in [0.15, 0.2) is 0 Å². The lowest BCUT2D eigenvalue weighted by atomic mass is 9.62. The number of aliphatic hydroxyl groups is 1. The van der Waals surface area contributed by atoms with Gasteiger partial charge in [0.05, 0.1) is 30.8 Å². The molecule has 1 N–H and O–H groups in total. The van der Waals surface area contributed by atoms with Crippen molar-refractivity contribution in [2.75, 3.05) is 19.8 Å². The predicted octanol–water partition coefficient (Wildman–Crippen LogP) is 2.14. The number of rotatable bonds is 10. The Balaban J connectivity index is 2.14. The molecule has 3 fully saturated rings. The monoisotopic (exact) mass is 464 g/mol. The fourth-order valence-corrected chi connectivity index (χ4v) is 6.47. The second-order valence-corrected chi connectivity index (χ2v) is 10.2. The lowest BCUT2D eigenvalue weighted by molar-refractivity contribution is -0.163. The molecular formula is C25H40N2O6. The maximum atomic E-state index is 14.2. The summed E-state index contributed by atoms with van der Waals surface area (Å²) < 4.78 is 12.0. The highest BCUT2D eigenvalue weighted by Gasteiger charge is 2.80. The summed E-state index contributed by atoms with van der Waals surface area (Å²) >= 11 is 0. The molecule has 3 aliphatic rings. The zero-order chi connectivity index (χ0) is 24.7. The Morgan fingerprint density at radius 2 is 2.06 bits per heavy atom. The van der Waals surface area contributed by atoms with Crippen LogP contribution in [0.3, 0.4) is 0 Å². The van der Waals surface area contributed by atoms with E-state index in [0.717, 1.165) is 12.8 Å².